The molecule has 0 saturated carbocycles. The second-order valence-electron chi connectivity index (χ2n) is 7.30. The molecule has 0 aromatic heterocycles. The zero-order valence-electron chi connectivity index (χ0n) is 17.2. The summed E-state index contributed by atoms with van der Waals surface area (Å²) in [6.45, 7) is 2.00. The van der Waals surface area contributed by atoms with Gasteiger partial charge in [-0.3, -0.25) is 14.5 Å². The number of rotatable bonds is 8. The molecule has 8 nitrogen and oxygen atoms in total. The summed E-state index contributed by atoms with van der Waals surface area (Å²) in [6, 6.07) is 18.7. The first-order valence-corrected chi connectivity index (χ1v) is 10.2. The van der Waals surface area contributed by atoms with Gasteiger partial charge in [0.05, 0.1) is 31.1 Å². The Bertz CT molecular complexity index is 911. The van der Waals surface area contributed by atoms with Gasteiger partial charge >= 0.3 is 5.97 Å². The number of hydrogen-bond donors (Lipinski definition) is 2. The summed E-state index contributed by atoms with van der Waals surface area (Å²) >= 11 is 0. The number of ether oxygens (including phenoxy) is 1. The van der Waals surface area contributed by atoms with Crippen LogP contribution in [0.3, 0.4) is 0 Å². The molecule has 0 aliphatic carbocycles. The predicted molar refractivity (Wildman–Crippen MR) is 115 cm³/mol. The van der Waals surface area contributed by atoms with Crippen molar-refractivity contribution in [3.63, 3.8) is 0 Å². The van der Waals surface area contributed by atoms with Crippen molar-refractivity contribution < 1.29 is 19.4 Å². The number of carbonyl (C=O) groups excluding carboxylic acids is 2. The van der Waals surface area contributed by atoms with Crippen molar-refractivity contribution in [3.8, 4) is 6.07 Å². The van der Waals surface area contributed by atoms with Gasteiger partial charge in [-0.25, -0.2) is 0 Å². The first-order valence-electron chi connectivity index (χ1n) is 10.2. The molecule has 1 heterocycles. The molecule has 1 aliphatic rings. The van der Waals surface area contributed by atoms with Gasteiger partial charge in [0.1, 0.15) is 12.8 Å². The highest BCUT2D eigenvalue weighted by Crippen LogP contribution is 2.19. The van der Waals surface area contributed by atoms with Crippen LogP contribution in [0.15, 0.2) is 54.6 Å². The number of esters is 1. The molecule has 1 unspecified atom stereocenters. The molecule has 1 amide bonds. The summed E-state index contributed by atoms with van der Waals surface area (Å²) in [4.78, 5) is 27.7. The lowest BCUT2D eigenvalue weighted by Crippen LogP contribution is -2.55. The molecule has 1 saturated heterocycles. The monoisotopic (exact) mass is 422 g/mol. The Labute approximate surface area is 181 Å². The van der Waals surface area contributed by atoms with Gasteiger partial charge in [0, 0.05) is 25.3 Å². The van der Waals surface area contributed by atoms with Crippen LogP contribution in [-0.2, 0) is 20.9 Å². The number of hydrogen-bond acceptors (Lipinski definition) is 7. The maximum atomic E-state index is 12.2. The second-order valence-corrected chi connectivity index (χ2v) is 7.30. The molecule has 31 heavy (non-hydrogen) atoms. The predicted octanol–water partition coefficient (Wildman–Crippen LogP) is 1.25. The van der Waals surface area contributed by atoms with Gasteiger partial charge in [-0.15, -0.1) is 0 Å². The van der Waals surface area contributed by atoms with Crippen molar-refractivity contribution in [3.05, 3.63) is 65.7 Å². The van der Waals surface area contributed by atoms with E-state index < -0.39 is 6.23 Å². The minimum atomic E-state index is -0.786. The van der Waals surface area contributed by atoms with Crippen LogP contribution in [-0.4, -0.2) is 60.8 Å². The number of nitrogens with one attached hydrogen (secondary N) is 1. The highest BCUT2D eigenvalue weighted by molar-refractivity contribution is 5.79. The lowest BCUT2D eigenvalue weighted by Gasteiger charge is -2.39. The molecule has 162 valence electrons. The summed E-state index contributed by atoms with van der Waals surface area (Å²) in [6.07, 6.45) is -0.695. The third-order valence-corrected chi connectivity index (χ3v) is 5.06. The summed E-state index contributed by atoms with van der Waals surface area (Å²) in [5.41, 5.74) is 2.42. The molecule has 1 atom stereocenters. The van der Waals surface area contributed by atoms with Crippen LogP contribution in [0.5, 0.6) is 0 Å². The molecule has 2 aromatic carbocycles. The van der Waals surface area contributed by atoms with E-state index >= 15 is 0 Å². The lowest BCUT2D eigenvalue weighted by atomic mass is 10.2. The fourth-order valence-electron chi connectivity index (χ4n) is 3.32. The molecule has 3 rings (SSSR count). The van der Waals surface area contributed by atoms with Crippen LogP contribution in [0.2, 0.25) is 0 Å². The first kappa shape index (κ1) is 22.3. The van der Waals surface area contributed by atoms with E-state index in [0.29, 0.717) is 25.2 Å². The van der Waals surface area contributed by atoms with E-state index in [9.17, 15) is 14.7 Å². The zero-order chi connectivity index (χ0) is 22.1. The number of anilines is 1. The summed E-state index contributed by atoms with van der Waals surface area (Å²) in [7, 11) is 0. The van der Waals surface area contributed by atoms with Crippen LogP contribution in [0.25, 0.3) is 0 Å². The molecular weight excluding hydrogens is 396 g/mol. The number of carbonyl (C=O) groups is 2. The SMILES string of the molecule is N#Cc1ccc(N2CCN(CC(=O)NCCC(=O)OCc3ccccc3)C(O)C2)cc1. The zero-order valence-corrected chi connectivity index (χ0v) is 17.2. The number of aliphatic hydroxyl groups excluding tert-OH is 1. The minimum absolute atomic E-state index is 0.0570. The van der Waals surface area contributed by atoms with Gasteiger partial charge in [0.15, 0.2) is 0 Å². The van der Waals surface area contributed by atoms with E-state index in [1.54, 1.807) is 17.0 Å². The number of β-amino-alcohol motifs (C(OH)–C–C–N with tert-alkyl or cyclic N) is 1. The van der Waals surface area contributed by atoms with Gasteiger partial charge in [0.25, 0.3) is 0 Å². The Morgan fingerprint density at radius 1 is 1.13 bits per heavy atom. The normalized spacial score (nSPS) is 16.4. The average molecular weight is 422 g/mol. The second kappa shape index (κ2) is 11.1. The maximum absolute atomic E-state index is 12.2. The van der Waals surface area contributed by atoms with E-state index in [0.717, 1.165) is 11.3 Å². The van der Waals surface area contributed by atoms with Crippen molar-refractivity contribution in [2.45, 2.75) is 19.3 Å². The number of nitriles is 1. The van der Waals surface area contributed by atoms with Gasteiger partial charge in [-0.05, 0) is 29.8 Å². The van der Waals surface area contributed by atoms with Crippen LogP contribution in [0.4, 0.5) is 5.69 Å². The Balaban J connectivity index is 1.35. The van der Waals surface area contributed by atoms with Gasteiger partial charge in [-0.2, -0.15) is 5.26 Å². The average Bonchev–Trinajstić information content (AvgIpc) is 2.80. The van der Waals surface area contributed by atoms with E-state index in [1.165, 1.54) is 0 Å². The molecule has 0 radical (unpaired) electrons. The Morgan fingerprint density at radius 3 is 2.55 bits per heavy atom. The standard InChI is InChI=1S/C23H26N4O4/c24-14-18-6-8-20(9-7-18)26-12-13-27(22(29)16-26)15-21(28)25-11-10-23(30)31-17-19-4-2-1-3-5-19/h1-9,22,29H,10-13,15-17H2,(H,25,28). The molecule has 1 aliphatic heterocycles. The van der Waals surface area contributed by atoms with Crippen LogP contribution >= 0.6 is 0 Å². The Hall–Kier alpha value is -3.41. The molecule has 8 heteroatoms. The van der Waals surface area contributed by atoms with Crippen LogP contribution < -0.4 is 10.2 Å². The highest BCUT2D eigenvalue weighted by Gasteiger charge is 2.26. The highest BCUT2D eigenvalue weighted by atomic mass is 16.5. The van der Waals surface area contributed by atoms with Crippen molar-refractivity contribution >= 4 is 17.6 Å². The third-order valence-electron chi connectivity index (χ3n) is 5.06. The topological polar surface area (TPSA) is 106 Å². The van der Waals surface area contributed by atoms with Gasteiger partial charge in [0.2, 0.25) is 5.91 Å². The maximum Gasteiger partial charge on any atom is 0.307 e. The van der Waals surface area contributed by atoms with E-state index in [-0.39, 0.29) is 38.0 Å². The molecule has 0 bridgehead atoms. The number of amides is 1. The third kappa shape index (κ3) is 6.81. The fraction of sp³-hybridized carbons (Fsp3) is 0.348. The van der Waals surface area contributed by atoms with Crippen LogP contribution in [0, 0.1) is 11.3 Å². The van der Waals surface area contributed by atoms with Crippen molar-refractivity contribution in [2.75, 3.05) is 37.6 Å². The largest absolute Gasteiger partial charge is 0.461 e. The van der Waals surface area contributed by atoms with Gasteiger partial charge in [-0.1, -0.05) is 30.3 Å². The lowest BCUT2D eigenvalue weighted by molar-refractivity contribution is -0.144. The Kier molecular flexibility index (Phi) is 7.98. The molecule has 1 fully saturated rings. The van der Waals surface area contributed by atoms with E-state index in [4.69, 9.17) is 10.00 Å². The van der Waals surface area contributed by atoms with E-state index in [2.05, 4.69) is 11.4 Å². The minimum Gasteiger partial charge on any atom is -0.461 e. The number of nitrogens with zero attached hydrogens (tertiary/aromatic N) is 3. The van der Waals surface area contributed by atoms with E-state index in [1.807, 2.05) is 47.4 Å². The summed E-state index contributed by atoms with van der Waals surface area (Å²) < 4.78 is 5.18. The molecular formula is C23H26N4O4. The van der Waals surface area contributed by atoms with Crippen molar-refractivity contribution in [1.29, 1.82) is 5.26 Å². The smallest absolute Gasteiger partial charge is 0.307 e. The summed E-state index contributed by atoms with van der Waals surface area (Å²) in [5, 5.41) is 22.0. The molecule has 0 spiro atoms. The van der Waals surface area contributed by atoms with Crippen molar-refractivity contribution in [1.82, 2.24) is 10.2 Å². The molecule has 2 N–H and O–H groups in total. The van der Waals surface area contributed by atoms with Crippen LogP contribution in [0.1, 0.15) is 17.5 Å². The van der Waals surface area contributed by atoms with Crippen molar-refractivity contribution in [2.24, 2.45) is 0 Å². The number of benzene rings is 2. The number of piperazine rings is 1. The fourth-order valence-corrected chi connectivity index (χ4v) is 3.32. The molecule has 2 aromatic rings. The summed E-state index contributed by atoms with van der Waals surface area (Å²) in [5.74, 6) is -0.623. The Morgan fingerprint density at radius 2 is 1.87 bits per heavy atom. The number of aliphatic hydroxyl groups is 1. The quantitative estimate of drug-likeness (QED) is 0.617. The first-order chi connectivity index (χ1) is 15.0. The van der Waals surface area contributed by atoms with Gasteiger partial charge < -0.3 is 20.1 Å².